The number of carbonyl (C=O) groups is 2. The van der Waals surface area contributed by atoms with Crippen molar-refractivity contribution in [2.75, 3.05) is 13.2 Å². The van der Waals surface area contributed by atoms with E-state index < -0.39 is 12.3 Å². The molecule has 3 aromatic carbocycles. The van der Waals surface area contributed by atoms with Gasteiger partial charge in [0.05, 0.1) is 13.2 Å². The van der Waals surface area contributed by atoms with Crippen LogP contribution < -0.4 is 14.2 Å². The van der Waals surface area contributed by atoms with Gasteiger partial charge >= 0.3 is 12.3 Å². The van der Waals surface area contributed by atoms with Crippen molar-refractivity contribution in [3.63, 3.8) is 0 Å². The number of para-hydroxylation sites is 1. The van der Waals surface area contributed by atoms with Crippen molar-refractivity contribution in [3.8, 4) is 23.0 Å². The van der Waals surface area contributed by atoms with Crippen LogP contribution in [0.15, 0.2) is 60.7 Å². The molecule has 3 aromatic rings. The van der Waals surface area contributed by atoms with Crippen LogP contribution in [0.3, 0.4) is 0 Å². The number of ether oxygens (including phenoxy) is 5. The molecule has 7 nitrogen and oxygen atoms in total. The molecule has 0 atom stereocenters. The first-order valence-electron chi connectivity index (χ1n) is 10.1. The minimum atomic E-state index is -0.846. The van der Waals surface area contributed by atoms with Gasteiger partial charge in [-0.2, -0.15) is 0 Å². The Labute approximate surface area is 180 Å². The minimum absolute atomic E-state index is 0.162. The SMILES string of the molecule is CCCOC(=O)Oc1cc(Oc2ccccc2)c(OC(=O)OCCC)c2ccccc12. The third-order valence-electron chi connectivity index (χ3n) is 4.12. The molecule has 0 radical (unpaired) electrons. The normalized spacial score (nSPS) is 10.4. The number of hydrogen-bond donors (Lipinski definition) is 0. The summed E-state index contributed by atoms with van der Waals surface area (Å²) in [5.74, 6) is 1.09. The minimum Gasteiger partial charge on any atom is -0.453 e. The van der Waals surface area contributed by atoms with E-state index in [1.54, 1.807) is 36.4 Å². The fourth-order valence-electron chi connectivity index (χ4n) is 2.77. The van der Waals surface area contributed by atoms with Crippen molar-refractivity contribution >= 4 is 23.1 Å². The van der Waals surface area contributed by atoms with Crippen LogP contribution in [-0.4, -0.2) is 25.5 Å². The van der Waals surface area contributed by atoms with E-state index in [0.29, 0.717) is 29.4 Å². The van der Waals surface area contributed by atoms with Crippen molar-refractivity contribution in [3.05, 3.63) is 60.7 Å². The third kappa shape index (κ3) is 5.88. The number of hydrogen-bond acceptors (Lipinski definition) is 7. The Bertz CT molecular complexity index is 1030. The summed E-state index contributed by atoms with van der Waals surface area (Å²) < 4.78 is 27.0. The lowest BCUT2D eigenvalue weighted by Gasteiger charge is -2.16. The summed E-state index contributed by atoms with van der Waals surface area (Å²) in [5, 5.41) is 1.07. The van der Waals surface area contributed by atoms with Crippen molar-refractivity contribution in [1.29, 1.82) is 0 Å². The first kappa shape index (κ1) is 22.0. The van der Waals surface area contributed by atoms with Crippen LogP contribution in [0, 0.1) is 0 Å². The van der Waals surface area contributed by atoms with Gasteiger partial charge in [0, 0.05) is 16.8 Å². The maximum atomic E-state index is 12.2. The third-order valence-corrected chi connectivity index (χ3v) is 4.12. The molecule has 0 spiro atoms. The Hall–Kier alpha value is -3.74. The summed E-state index contributed by atoms with van der Waals surface area (Å²) in [5.41, 5.74) is 0. The van der Waals surface area contributed by atoms with E-state index in [1.807, 2.05) is 32.0 Å². The summed E-state index contributed by atoms with van der Waals surface area (Å²) in [6.45, 7) is 4.25. The van der Waals surface area contributed by atoms with Crippen LogP contribution in [0.2, 0.25) is 0 Å². The van der Waals surface area contributed by atoms with Gasteiger partial charge < -0.3 is 23.7 Å². The van der Waals surface area contributed by atoms with Gasteiger partial charge in [0.15, 0.2) is 11.5 Å². The van der Waals surface area contributed by atoms with Crippen LogP contribution in [0.25, 0.3) is 10.8 Å². The van der Waals surface area contributed by atoms with E-state index in [-0.39, 0.29) is 30.5 Å². The lowest BCUT2D eigenvalue weighted by molar-refractivity contribution is 0.0969. The van der Waals surface area contributed by atoms with Gasteiger partial charge in [0.25, 0.3) is 0 Å². The molecule has 0 fully saturated rings. The molecule has 0 saturated carbocycles. The zero-order valence-corrected chi connectivity index (χ0v) is 17.5. The highest BCUT2D eigenvalue weighted by Gasteiger charge is 2.21. The maximum Gasteiger partial charge on any atom is 0.513 e. The summed E-state index contributed by atoms with van der Waals surface area (Å²) in [7, 11) is 0. The first-order valence-corrected chi connectivity index (χ1v) is 10.1. The van der Waals surface area contributed by atoms with Gasteiger partial charge in [-0.1, -0.05) is 56.3 Å². The van der Waals surface area contributed by atoms with E-state index >= 15 is 0 Å². The predicted octanol–water partition coefficient (Wildman–Crippen LogP) is 6.48. The fourth-order valence-corrected chi connectivity index (χ4v) is 2.77. The molecule has 0 amide bonds. The number of rotatable bonds is 8. The molecule has 0 aliphatic rings. The average molecular weight is 424 g/mol. The molecule has 0 N–H and O–H groups in total. The Morgan fingerprint density at radius 3 is 1.94 bits per heavy atom. The summed E-state index contributed by atoms with van der Waals surface area (Å²) in [4.78, 5) is 24.3. The molecule has 0 heterocycles. The van der Waals surface area contributed by atoms with Gasteiger partial charge in [0.2, 0.25) is 0 Å². The monoisotopic (exact) mass is 424 g/mol. The highest BCUT2D eigenvalue weighted by atomic mass is 16.7. The van der Waals surface area contributed by atoms with Crippen LogP contribution in [0.1, 0.15) is 26.7 Å². The first-order chi connectivity index (χ1) is 15.1. The van der Waals surface area contributed by atoms with E-state index in [9.17, 15) is 9.59 Å². The molecule has 0 bridgehead atoms. The van der Waals surface area contributed by atoms with Crippen LogP contribution in [0.5, 0.6) is 23.0 Å². The molecule has 0 aliphatic carbocycles. The van der Waals surface area contributed by atoms with Gasteiger partial charge in [-0.15, -0.1) is 0 Å². The van der Waals surface area contributed by atoms with E-state index in [1.165, 1.54) is 6.07 Å². The molecule has 0 unspecified atom stereocenters. The predicted molar refractivity (Wildman–Crippen MR) is 115 cm³/mol. The Morgan fingerprint density at radius 1 is 0.710 bits per heavy atom. The molecular formula is C24H24O7. The lowest BCUT2D eigenvalue weighted by atomic mass is 10.1. The van der Waals surface area contributed by atoms with Crippen LogP contribution in [0.4, 0.5) is 9.59 Å². The number of fused-ring (bicyclic) bond motifs is 1. The lowest BCUT2D eigenvalue weighted by Crippen LogP contribution is -2.13. The number of benzene rings is 3. The summed E-state index contributed by atoms with van der Waals surface area (Å²) in [6.07, 6.45) is -0.338. The molecular weight excluding hydrogens is 400 g/mol. The molecule has 31 heavy (non-hydrogen) atoms. The molecule has 3 rings (SSSR count). The van der Waals surface area contributed by atoms with E-state index in [0.717, 1.165) is 0 Å². The van der Waals surface area contributed by atoms with Gasteiger partial charge in [-0.3, -0.25) is 0 Å². The average Bonchev–Trinajstić information content (AvgIpc) is 2.79. The second-order valence-electron chi connectivity index (χ2n) is 6.56. The van der Waals surface area contributed by atoms with Gasteiger partial charge in [0.1, 0.15) is 11.5 Å². The van der Waals surface area contributed by atoms with Crippen molar-refractivity contribution in [2.45, 2.75) is 26.7 Å². The highest BCUT2D eigenvalue weighted by Crippen LogP contribution is 2.43. The molecule has 0 saturated heterocycles. The zero-order chi connectivity index (χ0) is 22.1. The van der Waals surface area contributed by atoms with Crippen molar-refractivity contribution in [2.24, 2.45) is 0 Å². The van der Waals surface area contributed by atoms with E-state index in [2.05, 4.69) is 0 Å². The van der Waals surface area contributed by atoms with Crippen molar-refractivity contribution in [1.82, 2.24) is 0 Å². The Morgan fingerprint density at radius 2 is 1.29 bits per heavy atom. The molecule has 0 aliphatic heterocycles. The fraction of sp³-hybridized carbons (Fsp3) is 0.250. The van der Waals surface area contributed by atoms with Gasteiger partial charge in [-0.05, 0) is 25.0 Å². The second kappa shape index (κ2) is 10.9. The van der Waals surface area contributed by atoms with Gasteiger partial charge in [-0.25, -0.2) is 9.59 Å². The second-order valence-corrected chi connectivity index (χ2v) is 6.56. The van der Waals surface area contributed by atoms with Crippen LogP contribution in [-0.2, 0) is 9.47 Å². The van der Waals surface area contributed by atoms with E-state index in [4.69, 9.17) is 23.7 Å². The standard InChI is InChI=1S/C24H24O7/c1-3-14-27-23(25)30-20-16-21(29-17-10-6-5-7-11-17)22(31-24(26)28-15-4-2)19-13-9-8-12-18(19)20/h5-13,16H,3-4,14-15H2,1-2H3. The molecule has 162 valence electrons. The largest absolute Gasteiger partial charge is 0.513 e. The maximum absolute atomic E-state index is 12.2. The van der Waals surface area contributed by atoms with Crippen molar-refractivity contribution < 1.29 is 33.3 Å². The topological polar surface area (TPSA) is 80.3 Å². The Balaban J connectivity index is 2.05. The zero-order valence-electron chi connectivity index (χ0n) is 17.5. The molecule has 7 heteroatoms. The summed E-state index contributed by atoms with van der Waals surface area (Å²) >= 11 is 0. The highest BCUT2D eigenvalue weighted by molar-refractivity contribution is 5.97. The smallest absolute Gasteiger partial charge is 0.453 e. The molecule has 0 aromatic heterocycles. The van der Waals surface area contributed by atoms with Crippen LogP contribution >= 0.6 is 0 Å². The summed E-state index contributed by atoms with van der Waals surface area (Å²) in [6, 6.07) is 17.5. The quantitative estimate of drug-likeness (QED) is 0.302. The number of carbonyl (C=O) groups excluding carboxylic acids is 2. The Kier molecular flexibility index (Phi) is 7.70.